The van der Waals surface area contributed by atoms with Crippen molar-refractivity contribution in [1.29, 1.82) is 0 Å². The van der Waals surface area contributed by atoms with Gasteiger partial charge in [-0.1, -0.05) is 106 Å². The molecule has 5 aromatic rings. The number of fused-ring (bicyclic) bond motifs is 7. The molecule has 4 aromatic carbocycles. The van der Waals surface area contributed by atoms with E-state index in [-0.39, 0.29) is 0 Å². The van der Waals surface area contributed by atoms with E-state index in [0.717, 1.165) is 0 Å². The Kier molecular flexibility index (Phi) is 6.22. The van der Waals surface area contributed by atoms with Crippen molar-refractivity contribution in [3.63, 3.8) is 0 Å². The molecule has 0 spiro atoms. The van der Waals surface area contributed by atoms with E-state index >= 15 is 0 Å². The first kappa shape index (κ1) is 20.5. The summed E-state index contributed by atoms with van der Waals surface area (Å²) in [4.78, 5) is 0. The summed E-state index contributed by atoms with van der Waals surface area (Å²) < 4.78 is 2.77. The van der Waals surface area contributed by atoms with Crippen molar-refractivity contribution < 1.29 is 0 Å². The standard InChI is InChI=1S/C30H32S/c1-2-3-4-5-6-7-8-9-12-22-15-17-24-23(21-22)16-18-26-25(24)19-20-29-30(26)27-13-10-11-14-28(27)31-29/h10-11,13-21H,2-9,12H2,1H3. The molecule has 31 heavy (non-hydrogen) atoms. The van der Waals surface area contributed by atoms with Crippen LogP contribution in [-0.4, -0.2) is 0 Å². The van der Waals surface area contributed by atoms with Crippen LogP contribution in [0.25, 0.3) is 41.7 Å². The third-order valence-electron chi connectivity index (χ3n) is 6.74. The van der Waals surface area contributed by atoms with Crippen molar-refractivity contribution in [2.45, 2.75) is 64.7 Å². The Bertz CT molecular complexity index is 1320. The summed E-state index contributed by atoms with van der Waals surface area (Å²) in [5.41, 5.74) is 1.49. The van der Waals surface area contributed by atoms with E-state index in [2.05, 4.69) is 73.7 Å². The van der Waals surface area contributed by atoms with Crippen molar-refractivity contribution in [3.8, 4) is 0 Å². The lowest BCUT2D eigenvalue weighted by molar-refractivity contribution is 0.575. The van der Waals surface area contributed by atoms with Crippen LogP contribution in [0.1, 0.15) is 63.9 Å². The van der Waals surface area contributed by atoms with Gasteiger partial charge in [0.2, 0.25) is 0 Å². The average molecular weight is 425 g/mol. The molecule has 5 rings (SSSR count). The van der Waals surface area contributed by atoms with Gasteiger partial charge in [0.15, 0.2) is 0 Å². The summed E-state index contributed by atoms with van der Waals surface area (Å²) in [6, 6.07) is 25.3. The monoisotopic (exact) mass is 424 g/mol. The van der Waals surface area contributed by atoms with Crippen LogP contribution < -0.4 is 0 Å². The lowest BCUT2D eigenvalue weighted by Crippen LogP contribution is -1.88. The first-order chi connectivity index (χ1) is 15.3. The molecule has 0 bridgehead atoms. The van der Waals surface area contributed by atoms with Crippen LogP contribution >= 0.6 is 11.3 Å². The average Bonchev–Trinajstić information content (AvgIpc) is 3.19. The zero-order valence-corrected chi connectivity index (χ0v) is 19.4. The highest BCUT2D eigenvalue weighted by atomic mass is 32.1. The highest BCUT2D eigenvalue weighted by Gasteiger charge is 2.10. The fourth-order valence-corrected chi connectivity index (χ4v) is 6.16. The minimum absolute atomic E-state index is 1.21. The summed E-state index contributed by atoms with van der Waals surface area (Å²) in [7, 11) is 0. The first-order valence-corrected chi connectivity index (χ1v) is 12.9. The smallest absolute Gasteiger partial charge is 0.0361 e. The van der Waals surface area contributed by atoms with Crippen molar-refractivity contribution in [3.05, 3.63) is 72.3 Å². The van der Waals surface area contributed by atoms with Gasteiger partial charge >= 0.3 is 0 Å². The van der Waals surface area contributed by atoms with Crippen LogP contribution in [0.2, 0.25) is 0 Å². The van der Waals surface area contributed by atoms with Crippen LogP contribution in [-0.2, 0) is 6.42 Å². The highest BCUT2D eigenvalue weighted by Crippen LogP contribution is 2.40. The van der Waals surface area contributed by atoms with Gasteiger partial charge in [-0.3, -0.25) is 0 Å². The Morgan fingerprint density at radius 3 is 2.19 bits per heavy atom. The molecule has 0 atom stereocenters. The fraction of sp³-hybridized carbons (Fsp3) is 0.333. The van der Waals surface area contributed by atoms with E-state index in [1.54, 1.807) is 0 Å². The predicted molar refractivity (Wildman–Crippen MR) is 141 cm³/mol. The minimum Gasteiger partial charge on any atom is -0.135 e. The van der Waals surface area contributed by atoms with Crippen LogP contribution in [0.3, 0.4) is 0 Å². The van der Waals surface area contributed by atoms with Crippen molar-refractivity contribution >= 4 is 53.1 Å². The lowest BCUT2D eigenvalue weighted by Gasteiger charge is -2.08. The Balaban J connectivity index is 1.36. The number of rotatable bonds is 9. The number of hydrogen-bond acceptors (Lipinski definition) is 1. The van der Waals surface area contributed by atoms with E-state index in [0.29, 0.717) is 0 Å². The number of thiophene rings is 1. The van der Waals surface area contributed by atoms with Gasteiger partial charge in [0.1, 0.15) is 0 Å². The van der Waals surface area contributed by atoms with Gasteiger partial charge in [-0.25, -0.2) is 0 Å². The zero-order chi connectivity index (χ0) is 21.0. The molecule has 0 aliphatic heterocycles. The molecule has 1 heterocycles. The molecule has 0 aliphatic carbocycles. The topological polar surface area (TPSA) is 0 Å². The summed E-state index contributed by atoms with van der Waals surface area (Å²) in [6.07, 6.45) is 12.3. The summed E-state index contributed by atoms with van der Waals surface area (Å²) in [5, 5.41) is 8.34. The molecule has 0 amide bonds. The second-order valence-electron chi connectivity index (χ2n) is 8.98. The largest absolute Gasteiger partial charge is 0.135 e. The first-order valence-electron chi connectivity index (χ1n) is 12.1. The third-order valence-corrected chi connectivity index (χ3v) is 7.87. The molecule has 0 saturated carbocycles. The highest BCUT2D eigenvalue weighted by molar-refractivity contribution is 7.26. The van der Waals surface area contributed by atoms with E-state index in [4.69, 9.17) is 0 Å². The van der Waals surface area contributed by atoms with Gasteiger partial charge < -0.3 is 0 Å². The molecule has 1 aromatic heterocycles. The fourth-order valence-electron chi connectivity index (χ4n) is 5.04. The quantitative estimate of drug-likeness (QED) is 0.163. The molecule has 0 fully saturated rings. The third kappa shape index (κ3) is 4.21. The molecule has 0 nitrogen and oxygen atoms in total. The van der Waals surface area contributed by atoms with Gasteiger partial charge in [0.05, 0.1) is 0 Å². The Labute approximate surface area is 189 Å². The normalized spacial score (nSPS) is 11.9. The van der Waals surface area contributed by atoms with Gasteiger partial charge in [-0.15, -0.1) is 11.3 Å². The van der Waals surface area contributed by atoms with Gasteiger partial charge in [-0.05, 0) is 52.1 Å². The van der Waals surface area contributed by atoms with Crippen molar-refractivity contribution in [2.75, 3.05) is 0 Å². The Hall–Kier alpha value is -2.38. The van der Waals surface area contributed by atoms with E-state index in [1.165, 1.54) is 105 Å². The summed E-state index contributed by atoms with van der Waals surface area (Å²) in [6.45, 7) is 2.29. The summed E-state index contributed by atoms with van der Waals surface area (Å²) >= 11 is 1.90. The van der Waals surface area contributed by atoms with Crippen LogP contribution in [0, 0.1) is 0 Å². The number of benzene rings is 4. The molecule has 1 heteroatoms. The maximum atomic E-state index is 2.42. The van der Waals surface area contributed by atoms with Crippen molar-refractivity contribution in [1.82, 2.24) is 0 Å². The van der Waals surface area contributed by atoms with Gasteiger partial charge in [-0.2, -0.15) is 0 Å². The van der Waals surface area contributed by atoms with Gasteiger partial charge in [0, 0.05) is 20.2 Å². The molecule has 0 aliphatic rings. The Morgan fingerprint density at radius 1 is 0.581 bits per heavy atom. The van der Waals surface area contributed by atoms with E-state index in [9.17, 15) is 0 Å². The van der Waals surface area contributed by atoms with Gasteiger partial charge in [0.25, 0.3) is 0 Å². The molecular weight excluding hydrogens is 392 g/mol. The minimum atomic E-state index is 1.21. The maximum Gasteiger partial charge on any atom is 0.0361 e. The predicted octanol–water partition coefficient (Wildman–Crippen LogP) is 10.0. The van der Waals surface area contributed by atoms with Crippen LogP contribution in [0.4, 0.5) is 0 Å². The molecule has 158 valence electrons. The molecule has 0 saturated heterocycles. The Morgan fingerprint density at radius 2 is 1.32 bits per heavy atom. The van der Waals surface area contributed by atoms with E-state index < -0.39 is 0 Å². The number of unbranched alkanes of at least 4 members (excludes halogenated alkanes) is 7. The molecule has 0 unspecified atom stereocenters. The lowest BCUT2D eigenvalue weighted by atomic mass is 9.96. The van der Waals surface area contributed by atoms with Crippen LogP contribution in [0.5, 0.6) is 0 Å². The van der Waals surface area contributed by atoms with Crippen LogP contribution in [0.15, 0.2) is 66.7 Å². The maximum absolute atomic E-state index is 2.42. The second-order valence-corrected chi connectivity index (χ2v) is 10.1. The summed E-state index contributed by atoms with van der Waals surface area (Å²) in [5.74, 6) is 0. The molecule has 0 N–H and O–H groups in total. The molecular formula is C30H32S. The molecule has 0 radical (unpaired) electrons. The van der Waals surface area contributed by atoms with E-state index in [1.807, 2.05) is 11.3 Å². The number of hydrogen-bond donors (Lipinski definition) is 0. The second kappa shape index (κ2) is 9.40. The van der Waals surface area contributed by atoms with Crippen molar-refractivity contribution in [2.24, 2.45) is 0 Å². The zero-order valence-electron chi connectivity index (χ0n) is 18.6. The number of aryl methyl sites for hydroxylation is 1. The SMILES string of the molecule is CCCCCCCCCCc1ccc2c(ccc3c2ccc2sc4ccccc4c23)c1.